The molecule has 0 amide bonds. The van der Waals surface area contributed by atoms with E-state index in [9.17, 15) is 9.59 Å². The third-order valence-electron chi connectivity index (χ3n) is 2.47. The molecule has 0 N–H and O–H groups in total. The van der Waals surface area contributed by atoms with Crippen molar-refractivity contribution in [2.24, 2.45) is 0 Å². The summed E-state index contributed by atoms with van der Waals surface area (Å²) in [5.74, 6) is -1.18. The summed E-state index contributed by atoms with van der Waals surface area (Å²) in [6.07, 6.45) is 7.84. The smallest absolute Gasteiger partial charge is 0.374 e. The molecule has 0 fully saturated rings. The quantitative estimate of drug-likeness (QED) is 0.411. The molecule has 0 aliphatic rings. The highest BCUT2D eigenvalue weighted by Crippen LogP contribution is 2.05. The van der Waals surface area contributed by atoms with Crippen LogP contribution in [0.2, 0.25) is 0 Å². The van der Waals surface area contributed by atoms with Crippen LogP contribution in [0.3, 0.4) is 0 Å². The van der Waals surface area contributed by atoms with Gasteiger partial charge in [-0.1, -0.05) is 30.2 Å². The SMILES string of the molecule is CC=C(C)CCC=C(C)C.CCCC(=O)C(=O)OC. The van der Waals surface area contributed by atoms with E-state index < -0.39 is 11.8 Å². The van der Waals surface area contributed by atoms with Crippen molar-refractivity contribution < 1.29 is 14.3 Å². The number of ketones is 1. The molecule has 19 heavy (non-hydrogen) atoms. The average Bonchev–Trinajstić information content (AvgIpc) is 2.38. The summed E-state index contributed by atoms with van der Waals surface area (Å²) < 4.78 is 4.18. The molecule has 0 unspecified atom stereocenters. The Hall–Kier alpha value is -1.38. The number of hydrogen-bond donors (Lipinski definition) is 0. The Kier molecular flexibility index (Phi) is 13.7. The number of carbonyl (C=O) groups is 2. The topological polar surface area (TPSA) is 43.4 Å². The zero-order chi connectivity index (χ0) is 15.3. The molecule has 0 rings (SSSR count). The second kappa shape index (κ2) is 13.1. The Labute approximate surface area is 117 Å². The van der Waals surface area contributed by atoms with Gasteiger partial charge in [-0.15, -0.1) is 0 Å². The van der Waals surface area contributed by atoms with Crippen LogP contribution in [0.4, 0.5) is 0 Å². The van der Waals surface area contributed by atoms with Crippen LogP contribution in [0.15, 0.2) is 23.3 Å². The van der Waals surface area contributed by atoms with Gasteiger partial charge in [0.2, 0.25) is 5.78 Å². The maximum atomic E-state index is 10.5. The minimum absolute atomic E-state index is 0.284. The summed E-state index contributed by atoms with van der Waals surface area (Å²) in [6.45, 7) is 10.4. The predicted octanol–water partition coefficient (Wildman–Crippen LogP) is 4.23. The van der Waals surface area contributed by atoms with Gasteiger partial charge in [-0.05, 0) is 47.0 Å². The van der Waals surface area contributed by atoms with Crippen molar-refractivity contribution in [2.45, 2.75) is 60.3 Å². The lowest BCUT2D eigenvalue weighted by Crippen LogP contribution is -2.14. The van der Waals surface area contributed by atoms with Crippen LogP contribution in [0.5, 0.6) is 0 Å². The van der Waals surface area contributed by atoms with E-state index in [1.165, 1.54) is 31.1 Å². The van der Waals surface area contributed by atoms with Crippen molar-refractivity contribution in [1.29, 1.82) is 0 Å². The fourth-order valence-electron chi connectivity index (χ4n) is 1.18. The zero-order valence-corrected chi connectivity index (χ0v) is 13.2. The molecule has 0 aromatic carbocycles. The molecule has 0 aromatic rings. The first kappa shape index (κ1) is 19.9. The maximum Gasteiger partial charge on any atom is 0.374 e. The first-order valence-electron chi connectivity index (χ1n) is 6.75. The second-order valence-corrected chi connectivity index (χ2v) is 4.62. The molecule has 0 atom stereocenters. The van der Waals surface area contributed by atoms with Crippen LogP contribution < -0.4 is 0 Å². The molecule has 0 aromatic heterocycles. The van der Waals surface area contributed by atoms with E-state index in [4.69, 9.17) is 0 Å². The van der Waals surface area contributed by atoms with Crippen LogP contribution in [0.1, 0.15) is 60.3 Å². The molecular weight excluding hydrogens is 240 g/mol. The lowest BCUT2D eigenvalue weighted by molar-refractivity contribution is -0.151. The fourth-order valence-corrected chi connectivity index (χ4v) is 1.18. The van der Waals surface area contributed by atoms with Gasteiger partial charge in [0.1, 0.15) is 0 Å². The van der Waals surface area contributed by atoms with E-state index in [-0.39, 0.29) is 6.42 Å². The molecule has 0 saturated carbocycles. The maximum absolute atomic E-state index is 10.5. The highest BCUT2D eigenvalue weighted by atomic mass is 16.5. The molecule has 0 saturated heterocycles. The van der Waals surface area contributed by atoms with E-state index in [1.807, 2.05) is 6.92 Å². The molecule has 110 valence electrons. The van der Waals surface area contributed by atoms with E-state index in [2.05, 4.69) is 44.6 Å². The highest BCUT2D eigenvalue weighted by Gasteiger charge is 2.10. The molecule has 0 bridgehead atoms. The molecule has 0 aliphatic heterocycles. The summed E-state index contributed by atoms with van der Waals surface area (Å²) in [7, 11) is 1.20. The number of rotatable bonds is 6. The van der Waals surface area contributed by atoms with Crippen molar-refractivity contribution >= 4 is 11.8 Å². The molecule has 3 nitrogen and oxygen atoms in total. The molecule has 3 heteroatoms. The number of Topliss-reactive ketones (excluding diaryl/α,β-unsaturated/α-hetero) is 1. The van der Waals surface area contributed by atoms with Crippen LogP contribution in [-0.4, -0.2) is 18.9 Å². The Morgan fingerprint density at radius 1 is 1.11 bits per heavy atom. The Morgan fingerprint density at radius 2 is 1.68 bits per heavy atom. The minimum Gasteiger partial charge on any atom is -0.463 e. The van der Waals surface area contributed by atoms with E-state index in [0.29, 0.717) is 6.42 Å². The second-order valence-electron chi connectivity index (χ2n) is 4.62. The van der Waals surface area contributed by atoms with Gasteiger partial charge in [-0.2, -0.15) is 0 Å². The predicted molar refractivity (Wildman–Crippen MR) is 80.0 cm³/mol. The van der Waals surface area contributed by atoms with Crippen LogP contribution >= 0.6 is 0 Å². The molecule has 0 radical (unpaired) electrons. The normalized spacial score (nSPS) is 10.1. The van der Waals surface area contributed by atoms with E-state index in [1.54, 1.807) is 0 Å². The number of allylic oxidation sites excluding steroid dienone is 4. The van der Waals surface area contributed by atoms with Gasteiger partial charge in [0.15, 0.2) is 0 Å². The van der Waals surface area contributed by atoms with Crippen LogP contribution in [-0.2, 0) is 14.3 Å². The number of ether oxygens (including phenoxy) is 1. The molecule has 0 spiro atoms. The lowest BCUT2D eigenvalue weighted by atomic mass is 10.1. The summed E-state index contributed by atoms with van der Waals surface area (Å²) in [5.41, 5.74) is 2.90. The van der Waals surface area contributed by atoms with Crippen LogP contribution in [0.25, 0.3) is 0 Å². The van der Waals surface area contributed by atoms with Crippen molar-refractivity contribution in [3.05, 3.63) is 23.3 Å². The lowest BCUT2D eigenvalue weighted by Gasteiger charge is -1.95. The fraction of sp³-hybridized carbons (Fsp3) is 0.625. The monoisotopic (exact) mass is 268 g/mol. The number of carbonyl (C=O) groups excluding carboxylic acids is 2. The van der Waals surface area contributed by atoms with Crippen LogP contribution in [0, 0.1) is 0 Å². The largest absolute Gasteiger partial charge is 0.463 e. The standard InChI is InChI=1S/C10H18.C6H10O3/c1-5-10(4)8-6-7-9(2)3;1-3-4-5(7)6(8)9-2/h5,7H,6,8H2,1-4H3;3-4H2,1-2H3. The highest BCUT2D eigenvalue weighted by molar-refractivity contribution is 6.33. The number of methoxy groups -OCH3 is 1. The zero-order valence-electron chi connectivity index (χ0n) is 13.2. The summed E-state index contributed by atoms with van der Waals surface area (Å²) in [4.78, 5) is 20.8. The van der Waals surface area contributed by atoms with Gasteiger partial charge in [-0.3, -0.25) is 4.79 Å². The number of esters is 1. The molecule has 0 aliphatic carbocycles. The Morgan fingerprint density at radius 3 is 2.05 bits per heavy atom. The van der Waals surface area contributed by atoms with Gasteiger partial charge in [0, 0.05) is 6.42 Å². The van der Waals surface area contributed by atoms with Gasteiger partial charge in [0.05, 0.1) is 7.11 Å². The average molecular weight is 268 g/mol. The van der Waals surface area contributed by atoms with Crippen molar-refractivity contribution in [3.63, 3.8) is 0 Å². The first-order valence-corrected chi connectivity index (χ1v) is 6.75. The van der Waals surface area contributed by atoms with E-state index in [0.717, 1.165) is 0 Å². The third kappa shape index (κ3) is 14.6. The van der Waals surface area contributed by atoms with Gasteiger partial charge < -0.3 is 4.74 Å². The van der Waals surface area contributed by atoms with Crippen molar-refractivity contribution in [3.8, 4) is 0 Å². The Bertz CT molecular complexity index is 321. The Balaban J connectivity index is 0. The molecule has 0 heterocycles. The number of hydrogen-bond acceptors (Lipinski definition) is 3. The van der Waals surface area contributed by atoms with E-state index >= 15 is 0 Å². The van der Waals surface area contributed by atoms with Gasteiger partial charge >= 0.3 is 5.97 Å². The first-order chi connectivity index (χ1) is 8.88. The summed E-state index contributed by atoms with van der Waals surface area (Å²) in [5, 5.41) is 0. The summed E-state index contributed by atoms with van der Waals surface area (Å²) in [6, 6.07) is 0. The van der Waals surface area contributed by atoms with Gasteiger partial charge in [0.25, 0.3) is 0 Å². The summed E-state index contributed by atoms with van der Waals surface area (Å²) >= 11 is 0. The van der Waals surface area contributed by atoms with Crippen molar-refractivity contribution in [1.82, 2.24) is 0 Å². The van der Waals surface area contributed by atoms with Gasteiger partial charge in [-0.25, -0.2) is 4.79 Å². The third-order valence-corrected chi connectivity index (χ3v) is 2.47. The molecular formula is C16H28O3. The van der Waals surface area contributed by atoms with Crippen molar-refractivity contribution in [2.75, 3.05) is 7.11 Å². The minimum atomic E-state index is -0.739.